The molecule has 0 bridgehead atoms. The van der Waals surface area contributed by atoms with Crippen LogP contribution in [0.15, 0.2) is 74.5 Å². The van der Waals surface area contributed by atoms with Crippen LogP contribution in [0.25, 0.3) is 33.4 Å². The predicted molar refractivity (Wildman–Crippen MR) is 162 cm³/mol. The van der Waals surface area contributed by atoms with E-state index >= 15 is 0 Å². The van der Waals surface area contributed by atoms with Crippen LogP contribution in [0, 0.1) is 0 Å². The minimum atomic E-state index is -0.785. The number of carbonyl (C=O) groups is 3. The Kier molecular flexibility index (Phi) is 7.70. The summed E-state index contributed by atoms with van der Waals surface area (Å²) >= 11 is 0. The van der Waals surface area contributed by atoms with E-state index < -0.39 is 35.0 Å². The number of rotatable bonds is 7. The van der Waals surface area contributed by atoms with Gasteiger partial charge < -0.3 is 37.6 Å². The van der Waals surface area contributed by atoms with E-state index in [1.807, 2.05) is 0 Å². The molecule has 1 unspecified atom stereocenters. The van der Waals surface area contributed by atoms with Crippen LogP contribution >= 0.6 is 0 Å². The standard InChI is InChI=1S/C34H26O12/c1-40-25-6-5-16(12-26(25)41-2)21-15-44-32-29-20(13-28(36)46-27(29)14-22(35)30(32)31(21)37)24-8-7-23(45-24)17-9-18(33(38)42-3)11-19(10-17)34(39)43-4/h5-12,14-15,20,35H,13H2,1-4H3. The summed E-state index contributed by atoms with van der Waals surface area (Å²) in [6, 6.07) is 13.7. The van der Waals surface area contributed by atoms with Gasteiger partial charge in [0.1, 0.15) is 40.3 Å². The fourth-order valence-corrected chi connectivity index (χ4v) is 5.51. The second kappa shape index (κ2) is 11.8. The van der Waals surface area contributed by atoms with Crippen molar-refractivity contribution in [2.45, 2.75) is 12.3 Å². The maximum absolute atomic E-state index is 13.8. The number of hydrogen-bond donors (Lipinski definition) is 1. The number of phenols is 1. The highest BCUT2D eigenvalue weighted by atomic mass is 16.5. The van der Waals surface area contributed by atoms with E-state index in [2.05, 4.69) is 0 Å². The first kappa shape index (κ1) is 30.0. The van der Waals surface area contributed by atoms with Crippen LogP contribution in [0.3, 0.4) is 0 Å². The van der Waals surface area contributed by atoms with Gasteiger partial charge in [0.05, 0.1) is 57.5 Å². The molecular formula is C34H26O12. The molecule has 0 amide bonds. The molecule has 2 aromatic heterocycles. The molecule has 3 heterocycles. The minimum Gasteiger partial charge on any atom is -0.507 e. The predicted octanol–water partition coefficient (Wildman–Crippen LogP) is 5.46. The van der Waals surface area contributed by atoms with Gasteiger partial charge in [0, 0.05) is 17.2 Å². The van der Waals surface area contributed by atoms with Gasteiger partial charge in [0.15, 0.2) is 11.5 Å². The summed E-state index contributed by atoms with van der Waals surface area (Å²) in [5, 5.41) is 10.8. The first-order valence-corrected chi connectivity index (χ1v) is 13.8. The Labute approximate surface area is 260 Å². The summed E-state index contributed by atoms with van der Waals surface area (Å²) in [5.74, 6) is -1.72. The Morgan fingerprint density at radius 3 is 2.17 bits per heavy atom. The first-order chi connectivity index (χ1) is 22.2. The molecule has 5 aromatic rings. The monoisotopic (exact) mass is 626 g/mol. The Bertz CT molecular complexity index is 2070. The van der Waals surface area contributed by atoms with E-state index in [0.29, 0.717) is 33.9 Å². The molecule has 0 radical (unpaired) electrons. The highest BCUT2D eigenvalue weighted by molar-refractivity contribution is 5.97. The molecule has 0 spiro atoms. The lowest BCUT2D eigenvalue weighted by molar-refractivity contribution is -0.135. The van der Waals surface area contributed by atoms with E-state index in [9.17, 15) is 24.3 Å². The van der Waals surface area contributed by atoms with Crippen LogP contribution in [0.4, 0.5) is 0 Å². The molecule has 12 nitrogen and oxygen atoms in total. The van der Waals surface area contributed by atoms with Crippen molar-refractivity contribution in [3.63, 3.8) is 0 Å². The zero-order valence-electron chi connectivity index (χ0n) is 25.0. The third-order valence-electron chi connectivity index (χ3n) is 7.69. The molecule has 46 heavy (non-hydrogen) atoms. The molecule has 0 saturated heterocycles. The molecule has 12 heteroatoms. The molecule has 234 valence electrons. The van der Waals surface area contributed by atoms with Gasteiger partial charge in [0.25, 0.3) is 0 Å². The molecule has 0 aliphatic carbocycles. The van der Waals surface area contributed by atoms with Crippen LogP contribution in [-0.4, -0.2) is 51.5 Å². The molecule has 1 atom stereocenters. The molecule has 3 aromatic carbocycles. The third-order valence-corrected chi connectivity index (χ3v) is 7.69. The van der Waals surface area contributed by atoms with E-state index in [1.165, 1.54) is 59.0 Å². The summed E-state index contributed by atoms with van der Waals surface area (Å²) in [6.45, 7) is 0. The summed E-state index contributed by atoms with van der Waals surface area (Å²) in [5.41, 5.74) is 0.985. The van der Waals surface area contributed by atoms with E-state index in [0.717, 1.165) is 0 Å². The van der Waals surface area contributed by atoms with E-state index in [4.69, 9.17) is 32.5 Å². The SMILES string of the molecule is COC(=O)c1cc(C(=O)OC)cc(-c2ccc(C3CC(=O)Oc4cc(O)c5c(=O)c(-c6ccc(OC)c(OC)c6)coc5c43)o2)c1. The van der Waals surface area contributed by atoms with Gasteiger partial charge in [-0.15, -0.1) is 0 Å². The maximum Gasteiger partial charge on any atom is 0.337 e. The van der Waals surface area contributed by atoms with Gasteiger partial charge in [-0.05, 0) is 48.0 Å². The van der Waals surface area contributed by atoms with Crippen LogP contribution < -0.4 is 19.6 Å². The lowest BCUT2D eigenvalue weighted by atomic mass is 9.88. The average molecular weight is 627 g/mol. The van der Waals surface area contributed by atoms with Crippen molar-refractivity contribution in [2.24, 2.45) is 0 Å². The van der Waals surface area contributed by atoms with Crippen molar-refractivity contribution in [3.8, 4) is 45.4 Å². The number of phenolic OH excluding ortho intramolecular Hbond substituents is 1. The Morgan fingerprint density at radius 2 is 1.52 bits per heavy atom. The van der Waals surface area contributed by atoms with Crippen LogP contribution in [0.1, 0.15) is 44.4 Å². The van der Waals surface area contributed by atoms with Crippen molar-refractivity contribution < 1.29 is 52.0 Å². The summed E-state index contributed by atoms with van der Waals surface area (Å²) in [4.78, 5) is 51.1. The third kappa shape index (κ3) is 5.09. The molecule has 0 saturated carbocycles. The van der Waals surface area contributed by atoms with Crippen molar-refractivity contribution in [2.75, 3.05) is 28.4 Å². The fraction of sp³-hybridized carbons (Fsp3) is 0.176. The largest absolute Gasteiger partial charge is 0.507 e. The van der Waals surface area contributed by atoms with Crippen molar-refractivity contribution >= 4 is 28.9 Å². The van der Waals surface area contributed by atoms with E-state index in [1.54, 1.807) is 30.3 Å². The minimum absolute atomic E-state index is 0.00637. The molecule has 1 aliphatic rings. The Balaban J connectivity index is 1.48. The Hall–Kier alpha value is -6.04. The number of benzene rings is 3. The molecular weight excluding hydrogens is 600 g/mol. The second-order valence-electron chi connectivity index (χ2n) is 10.3. The van der Waals surface area contributed by atoms with Gasteiger partial charge in [0.2, 0.25) is 5.43 Å². The summed E-state index contributed by atoms with van der Waals surface area (Å²) in [6.07, 6.45) is 1.09. The van der Waals surface area contributed by atoms with Gasteiger partial charge in [-0.1, -0.05) is 6.07 Å². The fourth-order valence-electron chi connectivity index (χ4n) is 5.51. The number of methoxy groups -OCH3 is 4. The van der Waals surface area contributed by atoms with Crippen molar-refractivity contribution in [1.82, 2.24) is 0 Å². The number of hydrogen-bond acceptors (Lipinski definition) is 12. The molecule has 6 rings (SSSR count). The van der Waals surface area contributed by atoms with Crippen LogP contribution in [-0.2, 0) is 14.3 Å². The van der Waals surface area contributed by atoms with Gasteiger partial charge in [-0.2, -0.15) is 0 Å². The van der Waals surface area contributed by atoms with E-state index in [-0.39, 0.29) is 45.6 Å². The molecule has 1 aliphatic heterocycles. The lowest BCUT2D eigenvalue weighted by Crippen LogP contribution is -2.21. The summed E-state index contributed by atoms with van der Waals surface area (Å²) < 4.78 is 37.9. The van der Waals surface area contributed by atoms with Gasteiger partial charge in [-0.25, -0.2) is 9.59 Å². The number of ether oxygens (including phenoxy) is 5. The molecule has 0 fully saturated rings. The number of aromatic hydroxyl groups is 1. The van der Waals surface area contributed by atoms with Crippen LogP contribution in [0.2, 0.25) is 0 Å². The second-order valence-corrected chi connectivity index (χ2v) is 10.3. The number of carbonyl (C=O) groups excluding carboxylic acids is 3. The van der Waals surface area contributed by atoms with Crippen molar-refractivity contribution in [1.29, 1.82) is 0 Å². The van der Waals surface area contributed by atoms with Gasteiger partial charge >= 0.3 is 17.9 Å². The first-order valence-electron chi connectivity index (χ1n) is 13.8. The number of furan rings is 1. The topological polar surface area (TPSA) is 161 Å². The van der Waals surface area contributed by atoms with Crippen molar-refractivity contribution in [3.05, 3.63) is 93.5 Å². The highest BCUT2D eigenvalue weighted by Crippen LogP contribution is 2.46. The number of fused-ring (bicyclic) bond motifs is 3. The summed E-state index contributed by atoms with van der Waals surface area (Å²) in [7, 11) is 5.40. The average Bonchev–Trinajstić information content (AvgIpc) is 3.57. The maximum atomic E-state index is 13.8. The van der Waals surface area contributed by atoms with Gasteiger partial charge in [-0.3, -0.25) is 9.59 Å². The normalized spacial score (nSPS) is 13.9. The quantitative estimate of drug-likeness (QED) is 0.180. The number of esters is 3. The smallest absolute Gasteiger partial charge is 0.337 e. The highest BCUT2D eigenvalue weighted by Gasteiger charge is 2.35. The zero-order chi connectivity index (χ0) is 32.7. The zero-order valence-corrected chi connectivity index (χ0v) is 25.0. The molecule has 1 N–H and O–H groups in total. The lowest BCUT2D eigenvalue weighted by Gasteiger charge is -2.24. The Morgan fingerprint density at radius 1 is 0.826 bits per heavy atom. The van der Waals surface area contributed by atoms with Crippen LogP contribution in [0.5, 0.6) is 23.0 Å².